The minimum absolute atomic E-state index is 0.118. The Morgan fingerprint density at radius 2 is 2.04 bits per heavy atom. The number of ether oxygens (including phenoxy) is 1. The number of carbonyl (C=O) groups is 3. The predicted octanol–water partition coefficient (Wildman–Crippen LogP) is 0.878. The molecule has 0 aliphatic carbocycles. The minimum atomic E-state index is -0.994. The quantitative estimate of drug-likeness (QED) is 0.894. The molecule has 2 heterocycles. The van der Waals surface area contributed by atoms with Gasteiger partial charge in [-0.25, -0.2) is 4.79 Å². The lowest BCUT2D eigenvalue weighted by Gasteiger charge is -2.35. The summed E-state index contributed by atoms with van der Waals surface area (Å²) in [5.41, 5.74) is 0.543. The summed E-state index contributed by atoms with van der Waals surface area (Å²) < 4.78 is 5.34. The number of amides is 2. The fourth-order valence-corrected chi connectivity index (χ4v) is 3.04. The van der Waals surface area contributed by atoms with Crippen LogP contribution in [0.25, 0.3) is 0 Å². The first-order valence-electron chi connectivity index (χ1n) is 7.62. The number of hydrogen-bond donors (Lipinski definition) is 1. The third-order valence-electron chi connectivity index (χ3n) is 4.21. The molecule has 3 rings (SSSR count). The molecule has 122 valence electrons. The van der Waals surface area contributed by atoms with E-state index in [1.165, 1.54) is 9.80 Å². The summed E-state index contributed by atoms with van der Waals surface area (Å²) in [6.45, 7) is 0.131. The van der Waals surface area contributed by atoms with Crippen LogP contribution < -0.4 is 9.64 Å². The Labute approximate surface area is 133 Å². The van der Waals surface area contributed by atoms with Crippen LogP contribution in [0.5, 0.6) is 5.75 Å². The third-order valence-corrected chi connectivity index (χ3v) is 4.21. The van der Waals surface area contributed by atoms with Crippen molar-refractivity contribution in [3.63, 3.8) is 0 Å². The Hall–Kier alpha value is -2.57. The molecule has 1 atom stereocenters. The maximum atomic E-state index is 12.6. The van der Waals surface area contributed by atoms with Crippen molar-refractivity contribution in [3.8, 4) is 5.75 Å². The van der Waals surface area contributed by atoms with Crippen molar-refractivity contribution in [3.05, 3.63) is 24.3 Å². The van der Waals surface area contributed by atoms with Crippen molar-refractivity contribution in [1.29, 1.82) is 0 Å². The van der Waals surface area contributed by atoms with Crippen LogP contribution in [0.3, 0.4) is 0 Å². The monoisotopic (exact) mass is 318 g/mol. The van der Waals surface area contributed by atoms with Gasteiger partial charge in [0.1, 0.15) is 18.3 Å². The number of benzene rings is 1. The maximum absolute atomic E-state index is 12.6. The molecule has 2 amide bonds. The number of carboxylic acids is 1. The van der Waals surface area contributed by atoms with Gasteiger partial charge in [0.05, 0.1) is 5.69 Å². The molecule has 1 fully saturated rings. The number of para-hydroxylation sites is 2. The highest BCUT2D eigenvalue weighted by Gasteiger charge is 2.34. The molecule has 7 nitrogen and oxygen atoms in total. The van der Waals surface area contributed by atoms with Gasteiger partial charge in [-0.15, -0.1) is 0 Å². The Morgan fingerprint density at radius 3 is 2.83 bits per heavy atom. The number of nitrogens with zero attached hydrogens (tertiary/aromatic N) is 2. The number of carbonyl (C=O) groups excluding carboxylic acids is 2. The molecule has 0 saturated carbocycles. The summed E-state index contributed by atoms with van der Waals surface area (Å²) in [4.78, 5) is 38.7. The van der Waals surface area contributed by atoms with Gasteiger partial charge in [-0.1, -0.05) is 12.1 Å². The third kappa shape index (κ3) is 2.99. The average molecular weight is 318 g/mol. The topological polar surface area (TPSA) is 87.2 Å². The highest BCUT2D eigenvalue weighted by atomic mass is 16.5. The zero-order valence-electron chi connectivity index (χ0n) is 12.6. The fourth-order valence-electron chi connectivity index (χ4n) is 3.04. The summed E-state index contributed by atoms with van der Waals surface area (Å²) in [6.07, 6.45) is 2.03. The van der Waals surface area contributed by atoms with E-state index in [1.54, 1.807) is 24.3 Å². The molecule has 0 aromatic heterocycles. The first-order chi connectivity index (χ1) is 11.1. The van der Waals surface area contributed by atoms with Gasteiger partial charge >= 0.3 is 5.97 Å². The average Bonchev–Trinajstić information content (AvgIpc) is 2.57. The zero-order chi connectivity index (χ0) is 16.4. The highest BCUT2D eigenvalue weighted by molar-refractivity contribution is 6.02. The molecular weight excluding hydrogens is 300 g/mol. The van der Waals surface area contributed by atoms with Crippen LogP contribution in [0.2, 0.25) is 0 Å². The first-order valence-corrected chi connectivity index (χ1v) is 7.62. The van der Waals surface area contributed by atoms with E-state index in [9.17, 15) is 19.5 Å². The Bertz CT molecular complexity index is 645. The molecule has 1 aromatic rings. The second-order valence-corrected chi connectivity index (χ2v) is 5.67. The lowest BCUT2D eigenvalue weighted by atomic mass is 10.0. The summed E-state index contributed by atoms with van der Waals surface area (Å²) in [5, 5.41) is 9.28. The summed E-state index contributed by atoms with van der Waals surface area (Å²) in [6, 6.07) is 6.20. The SMILES string of the molecule is O=C(O)C1CCCCN1C(=O)CN1C(=O)COc2ccccc21. The molecule has 23 heavy (non-hydrogen) atoms. The number of piperidine rings is 1. The molecule has 0 bridgehead atoms. The first kappa shape index (κ1) is 15.3. The molecule has 2 aliphatic rings. The standard InChI is InChI=1S/C16H18N2O5/c19-14(17-8-4-3-6-12(17)16(21)22)9-18-11-5-1-2-7-13(11)23-10-15(18)20/h1-2,5,7,12H,3-4,6,8-10H2,(H,21,22). The van der Waals surface area contributed by atoms with Crippen LogP contribution >= 0.6 is 0 Å². The van der Waals surface area contributed by atoms with Gasteiger partial charge in [-0.3, -0.25) is 14.5 Å². The lowest BCUT2D eigenvalue weighted by molar-refractivity contribution is -0.151. The van der Waals surface area contributed by atoms with E-state index in [2.05, 4.69) is 0 Å². The van der Waals surface area contributed by atoms with Crippen molar-refractivity contribution < 1.29 is 24.2 Å². The zero-order valence-corrected chi connectivity index (χ0v) is 12.6. The molecule has 1 aromatic carbocycles. The normalized spacial score (nSPS) is 20.7. The molecule has 1 unspecified atom stereocenters. The lowest BCUT2D eigenvalue weighted by Crippen LogP contribution is -2.53. The largest absolute Gasteiger partial charge is 0.482 e. The van der Waals surface area contributed by atoms with E-state index in [4.69, 9.17) is 4.74 Å². The van der Waals surface area contributed by atoms with E-state index < -0.39 is 12.0 Å². The Morgan fingerprint density at radius 1 is 1.26 bits per heavy atom. The molecule has 1 saturated heterocycles. The van der Waals surface area contributed by atoms with Crippen molar-refractivity contribution in [2.24, 2.45) is 0 Å². The van der Waals surface area contributed by atoms with E-state index in [0.29, 0.717) is 24.4 Å². The molecule has 2 aliphatic heterocycles. The fraction of sp³-hybridized carbons (Fsp3) is 0.438. The summed E-state index contributed by atoms with van der Waals surface area (Å²) in [5.74, 6) is -1.09. The van der Waals surface area contributed by atoms with Crippen molar-refractivity contribution >= 4 is 23.5 Å². The molecule has 0 radical (unpaired) electrons. The number of carboxylic acid groups (broad SMARTS) is 1. The Balaban J connectivity index is 1.79. The van der Waals surface area contributed by atoms with Gasteiger partial charge in [0.15, 0.2) is 6.61 Å². The van der Waals surface area contributed by atoms with Crippen molar-refractivity contribution in [2.75, 3.05) is 24.6 Å². The van der Waals surface area contributed by atoms with Crippen LogP contribution in [0.1, 0.15) is 19.3 Å². The number of rotatable bonds is 3. The summed E-state index contributed by atoms with van der Waals surface area (Å²) >= 11 is 0. The van der Waals surface area contributed by atoms with Crippen LogP contribution in [0, 0.1) is 0 Å². The van der Waals surface area contributed by atoms with Crippen LogP contribution in [-0.4, -0.2) is 53.5 Å². The number of hydrogen-bond acceptors (Lipinski definition) is 4. The van der Waals surface area contributed by atoms with Gasteiger partial charge in [-0.05, 0) is 31.4 Å². The van der Waals surface area contributed by atoms with Crippen LogP contribution in [-0.2, 0) is 14.4 Å². The van der Waals surface area contributed by atoms with Crippen LogP contribution in [0.4, 0.5) is 5.69 Å². The van der Waals surface area contributed by atoms with Crippen molar-refractivity contribution in [2.45, 2.75) is 25.3 Å². The second kappa shape index (κ2) is 6.28. The maximum Gasteiger partial charge on any atom is 0.326 e. The van der Waals surface area contributed by atoms with Gasteiger partial charge in [-0.2, -0.15) is 0 Å². The number of fused-ring (bicyclic) bond motifs is 1. The number of likely N-dealkylation sites (tertiary alicyclic amines) is 1. The Kier molecular flexibility index (Phi) is 4.18. The van der Waals surface area contributed by atoms with Crippen molar-refractivity contribution in [1.82, 2.24) is 4.90 Å². The smallest absolute Gasteiger partial charge is 0.326 e. The molecular formula is C16H18N2O5. The minimum Gasteiger partial charge on any atom is -0.482 e. The van der Waals surface area contributed by atoms with E-state index in [1.807, 2.05) is 0 Å². The number of aliphatic carboxylic acids is 1. The molecule has 0 spiro atoms. The van der Waals surface area contributed by atoms with Crippen LogP contribution in [0.15, 0.2) is 24.3 Å². The van der Waals surface area contributed by atoms with Gasteiger partial charge in [0, 0.05) is 6.54 Å². The molecule has 1 N–H and O–H groups in total. The van der Waals surface area contributed by atoms with Gasteiger partial charge in [0.25, 0.3) is 5.91 Å². The van der Waals surface area contributed by atoms with E-state index in [0.717, 1.165) is 12.8 Å². The van der Waals surface area contributed by atoms with E-state index in [-0.39, 0.29) is 25.0 Å². The summed E-state index contributed by atoms with van der Waals surface area (Å²) in [7, 11) is 0. The van der Waals surface area contributed by atoms with Gasteiger partial charge in [0.2, 0.25) is 5.91 Å². The highest BCUT2D eigenvalue weighted by Crippen LogP contribution is 2.31. The van der Waals surface area contributed by atoms with E-state index >= 15 is 0 Å². The second-order valence-electron chi connectivity index (χ2n) is 5.67. The molecule has 7 heteroatoms. The number of anilines is 1. The predicted molar refractivity (Wildman–Crippen MR) is 81.3 cm³/mol. The van der Waals surface area contributed by atoms with Gasteiger partial charge < -0.3 is 14.7 Å².